The third-order valence-electron chi connectivity index (χ3n) is 4.58. The van der Waals surface area contributed by atoms with Crippen LogP contribution in [0.1, 0.15) is 36.0 Å². The van der Waals surface area contributed by atoms with Crippen LogP contribution in [0.4, 0.5) is 0 Å². The van der Waals surface area contributed by atoms with Crippen molar-refractivity contribution >= 4 is 12.1 Å². The van der Waals surface area contributed by atoms with Gasteiger partial charge in [0.05, 0.1) is 12.7 Å². The normalized spacial score (nSPS) is 27.9. The van der Waals surface area contributed by atoms with Crippen LogP contribution in [0.25, 0.3) is 0 Å². The molecule has 1 N–H and O–H groups in total. The maximum Gasteiger partial charge on any atom is 0.275 e. The molecule has 4 heteroatoms. The van der Waals surface area contributed by atoms with Crippen molar-refractivity contribution in [2.45, 2.75) is 25.7 Å². The Balaban J connectivity index is 1.59. The number of nitrogens with one attached hydrogen (secondary N) is 1. The van der Waals surface area contributed by atoms with Gasteiger partial charge in [-0.2, -0.15) is 5.10 Å². The van der Waals surface area contributed by atoms with E-state index in [2.05, 4.69) is 10.5 Å². The first-order chi connectivity index (χ1) is 9.78. The maximum absolute atomic E-state index is 12.1. The largest absolute Gasteiger partial charge is 0.496 e. The van der Waals surface area contributed by atoms with Gasteiger partial charge in [0.25, 0.3) is 5.91 Å². The first kappa shape index (κ1) is 13.2. The van der Waals surface area contributed by atoms with Crippen LogP contribution < -0.4 is 10.2 Å². The van der Waals surface area contributed by atoms with E-state index in [-0.39, 0.29) is 5.91 Å². The van der Waals surface area contributed by atoms with Gasteiger partial charge in [-0.15, -0.1) is 0 Å². The number of amides is 1. The van der Waals surface area contributed by atoms with Crippen molar-refractivity contribution in [1.29, 1.82) is 0 Å². The third-order valence-corrected chi connectivity index (χ3v) is 4.58. The Bertz CT molecular complexity index is 527. The Labute approximate surface area is 119 Å². The molecule has 3 atom stereocenters. The molecule has 1 aromatic rings. The molecular weight excluding hydrogens is 252 g/mol. The summed E-state index contributed by atoms with van der Waals surface area (Å²) in [5, 5.41) is 4.14. The topological polar surface area (TPSA) is 50.7 Å². The molecule has 4 nitrogen and oxygen atoms in total. The number of para-hydroxylation sites is 1. The van der Waals surface area contributed by atoms with Gasteiger partial charge in [0, 0.05) is 6.21 Å². The average molecular weight is 272 g/mol. The van der Waals surface area contributed by atoms with Crippen LogP contribution in [-0.2, 0) is 0 Å². The Kier molecular flexibility index (Phi) is 3.72. The quantitative estimate of drug-likeness (QED) is 0.677. The molecule has 20 heavy (non-hydrogen) atoms. The number of carbonyl (C=O) groups excluding carboxylic acids is 1. The highest BCUT2D eigenvalue weighted by Gasteiger charge is 2.38. The summed E-state index contributed by atoms with van der Waals surface area (Å²) < 4.78 is 5.17. The smallest absolute Gasteiger partial charge is 0.275 e. The summed E-state index contributed by atoms with van der Waals surface area (Å²) in [6, 6.07) is 7.17. The molecule has 1 amide bonds. The highest BCUT2D eigenvalue weighted by atomic mass is 16.5. The second kappa shape index (κ2) is 5.65. The van der Waals surface area contributed by atoms with E-state index in [4.69, 9.17) is 4.74 Å². The number of methoxy groups -OCH3 is 1. The van der Waals surface area contributed by atoms with Crippen molar-refractivity contribution < 1.29 is 9.53 Å². The molecule has 0 saturated heterocycles. The molecule has 0 aromatic heterocycles. The second-order valence-electron chi connectivity index (χ2n) is 5.76. The van der Waals surface area contributed by atoms with Crippen molar-refractivity contribution in [2.75, 3.05) is 7.11 Å². The molecule has 0 aliphatic heterocycles. The van der Waals surface area contributed by atoms with E-state index in [9.17, 15) is 4.79 Å². The number of carbonyl (C=O) groups is 1. The van der Waals surface area contributed by atoms with Gasteiger partial charge in [0.15, 0.2) is 0 Å². The van der Waals surface area contributed by atoms with Crippen LogP contribution in [-0.4, -0.2) is 19.2 Å². The Morgan fingerprint density at radius 2 is 2.20 bits per heavy atom. The predicted molar refractivity (Wildman–Crippen MR) is 77.9 cm³/mol. The zero-order valence-corrected chi connectivity index (χ0v) is 11.7. The molecule has 3 unspecified atom stereocenters. The zero-order valence-electron chi connectivity index (χ0n) is 11.7. The van der Waals surface area contributed by atoms with Crippen molar-refractivity contribution in [3.63, 3.8) is 0 Å². The van der Waals surface area contributed by atoms with Gasteiger partial charge >= 0.3 is 0 Å². The summed E-state index contributed by atoms with van der Waals surface area (Å²) in [7, 11) is 1.56. The lowest BCUT2D eigenvalue weighted by molar-refractivity contribution is 0.0952. The maximum atomic E-state index is 12.1. The van der Waals surface area contributed by atoms with Crippen LogP contribution >= 0.6 is 0 Å². The van der Waals surface area contributed by atoms with Crippen molar-refractivity contribution in [3.8, 4) is 5.75 Å². The molecule has 0 heterocycles. The van der Waals surface area contributed by atoms with Crippen molar-refractivity contribution in [3.05, 3.63) is 29.8 Å². The number of ether oxygens (including phenoxy) is 1. The number of hydrogen-bond donors (Lipinski definition) is 1. The van der Waals surface area contributed by atoms with Crippen molar-refractivity contribution in [2.24, 2.45) is 22.9 Å². The molecule has 2 aliphatic rings. The molecule has 0 radical (unpaired) electrons. The Morgan fingerprint density at radius 3 is 2.90 bits per heavy atom. The minimum atomic E-state index is -0.221. The van der Waals surface area contributed by atoms with E-state index in [1.165, 1.54) is 25.7 Å². The molecule has 3 rings (SSSR count). The molecule has 106 valence electrons. The van der Waals surface area contributed by atoms with E-state index in [1.807, 2.05) is 18.3 Å². The molecule has 2 fully saturated rings. The summed E-state index contributed by atoms with van der Waals surface area (Å²) >= 11 is 0. The number of fused-ring (bicyclic) bond motifs is 2. The van der Waals surface area contributed by atoms with Gasteiger partial charge in [0.1, 0.15) is 5.75 Å². The molecule has 2 aliphatic carbocycles. The fraction of sp³-hybridized carbons (Fsp3) is 0.500. The van der Waals surface area contributed by atoms with Crippen molar-refractivity contribution in [1.82, 2.24) is 5.43 Å². The van der Waals surface area contributed by atoms with Crippen LogP contribution in [0.2, 0.25) is 0 Å². The number of nitrogens with zero attached hydrogens (tertiary/aromatic N) is 1. The van der Waals surface area contributed by atoms with Gasteiger partial charge in [-0.3, -0.25) is 4.79 Å². The number of rotatable bonds is 4. The first-order valence-corrected chi connectivity index (χ1v) is 7.24. The number of benzene rings is 1. The van der Waals surface area contributed by atoms with Crippen LogP contribution in [0.3, 0.4) is 0 Å². The molecular formula is C16H20N2O2. The van der Waals surface area contributed by atoms with E-state index in [1.54, 1.807) is 19.2 Å². The Hall–Kier alpha value is -1.84. The van der Waals surface area contributed by atoms with Gasteiger partial charge in [-0.25, -0.2) is 5.43 Å². The van der Waals surface area contributed by atoms with E-state index < -0.39 is 0 Å². The number of hydrogen-bond acceptors (Lipinski definition) is 3. The molecule has 2 bridgehead atoms. The average Bonchev–Trinajstić information content (AvgIpc) is 3.09. The first-order valence-electron chi connectivity index (χ1n) is 7.24. The monoisotopic (exact) mass is 272 g/mol. The van der Waals surface area contributed by atoms with E-state index in [0.29, 0.717) is 17.2 Å². The summed E-state index contributed by atoms with van der Waals surface area (Å²) in [6.07, 6.45) is 7.21. The minimum absolute atomic E-state index is 0.221. The summed E-state index contributed by atoms with van der Waals surface area (Å²) in [5.41, 5.74) is 3.12. The summed E-state index contributed by atoms with van der Waals surface area (Å²) in [4.78, 5) is 12.1. The third kappa shape index (κ3) is 2.55. The highest BCUT2D eigenvalue weighted by Crippen LogP contribution is 2.47. The summed E-state index contributed by atoms with van der Waals surface area (Å²) in [6.45, 7) is 0. The van der Waals surface area contributed by atoms with Gasteiger partial charge < -0.3 is 4.74 Å². The fourth-order valence-corrected chi connectivity index (χ4v) is 3.56. The number of hydrazone groups is 1. The lowest BCUT2D eigenvalue weighted by Gasteiger charge is -2.16. The van der Waals surface area contributed by atoms with Gasteiger partial charge in [-0.1, -0.05) is 18.6 Å². The van der Waals surface area contributed by atoms with E-state index >= 15 is 0 Å². The van der Waals surface area contributed by atoms with Gasteiger partial charge in [0.2, 0.25) is 0 Å². The second-order valence-corrected chi connectivity index (χ2v) is 5.76. The van der Waals surface area contributed by atoms with Crippen LogP contribution in [0.15, 0.2) is 29.4 Å². The predicted octanol–water partition coefficient (Wildman–Crippen LogP) is 2.85. The van der Waals surface area contributed by atoms with Gasteiger partial charge in [-0.05, 0) is 49.1 Å². The lowest BCUT2D eigenvalue weighted by atomic mass is 9.90. The molecule has 2 saturated carbocycles. The molecule has 0 spiro atoms. The fourth-order valence-electron chi connectivity index (χ4n) is 3.56. The van der Waals surface area contributed by atoms with E-state index in [0.717, 1.165) is 11.8 Å². The molecule has 1 aromatic carbocycles. The highest BCUT2D eigenvalue weighted by molar-refractivity contribution is 5.97. The Morgan fingerprint density at radius 1 is 1.35 bits per heavy atom. The lowest BCUT2D eigenvalue weighted by Crippen LogP contribution is -2.20. The zero-order chi connectivity index (χ0) is 13.9. The summed E-state index contributed by atoms with van der Waals surface area (Å²) in [5.74, 6) is 2.57. The SMILES string of the molecule is COc1ccccc1C(=O)NN=CC1CC2CCC1C2. The van der Waals surface area contributed by atoms with Crippen LogP contribution in [0, 0.1) is 17.8 Å². The standard InChI is InChI=1S/C16H20N2O2/c1-20-15-5-3-2-4-14(15)16(19)18-17-10-13-9-11-6-7-12(13)8-11/h2-5,10-13H,6-9H2,1H3,(H,18,19). The van der Waals surface area contributed by atoms with Crippen LogP contribution in [0.5, 0.6) is 5.75 Å². The minimum Gasteiger partial charge on any atom is -0.496 e.